The third kappa shape index (κ3) is 8.38. The molecule has 1 fully saturated rings. The summed E-state index contributed by atoms with van der Waals surface area (Å²) >= 11 is 0. The number of nitrogens with one attached hydrogen (secondary N) is 1. The molecule has 250 valence electrons. The zero-order chi connectivity index (χ0) is 33.6. The molecule has 1 amide bonds. The number of sulfone groups is 1. The first-order chi connectivity index (χ1) is 21.7. The molecule has 3 atom stereocenters. The van der Waals surface area contributed by atoms with Gasteiger partial charge in [0, 0.05) is 12.6 Å². The number of halogens is 5. The Hall–Kier alpha value is -4.09. The number of aliphatic hydroxyl groups excluding tert-OH is 1. The molecule has 3 aromatic rings. The van der Waals surface area contributed by atoms with Gasteiger partial charge in [-0.1, -0.05) is 19.1 Å². The lowest BCUT2D eigenvalue weighted by molar-refractivity contribution is -0.137. The Morgan fingerprint density at radius 3 is 2.37 bits per heavy atom. The van der Waals surface area contributed by atoms with E-state index in [1.807, 2.05) is 0 Å². The van der Waals surface area contributed by atoms with Crippen LogP contribution in [0.1, 0.15) is 40.9 Å². The Morgan fingerprint density at radius 1 is 1.13 bits per heavy atom. The zero-order valence-electron chi connectivity index (χ0n) is 24.6. The van der Waals surface area contributed by atoms with Crippen LogP contribution in [-0.4, -0.2) is 80.8 Å². The van der Waals surface area contributed by atoms with Crippen molar-refractivity contribution in [2.24, 2.45) is 0 Å². The van der Waals surface area contributed by atoms with Gasteiger partial charge in [0.15, 0.2) is 9.84 Å². The molecule has 11 nitrogen and oxygen atoms in total. The van der Waals surface area contributed by atoms with Crippen LogP contribution in [0.25, 0.3) is 0 Å². The predicted molar refractivity (Wildman–Crippen MR) is 154 cm³/mol. The topological polar surface area (TPSA) is 140 Å². The van der Waals surface area contributed by atoms with Crippen molar-refractivity contribution in [1.82, 2.24) is 15.3 Å². The molecular formula is C29H31F5N4O7S. The third-order valence-electron chi connectivity index (χ3n) is 7.22. The molecular weight excluding hydrogens is 643 g/mol. The van der Waals surface area contributed by atoms with Crippen LogP contribution in [0.4, 0.5) is 27.9 Å². The van der Waals surface area contributed by atoms with E-state index >= 15 is 0 Å². The number of aromatic nitrogens is 2. The number of carbonyl (C=O) groups is 1. The van der Waals surface area contributed by atoms with Crippen LogP contribution >= 0.6 is 0 Å². The molecule has 1 aliphatic rings. The van der Waals surface area contributed by atoms with E-state index in [2.05, 4.69) is 20.0 Å². The number of carbonyl (C=O) groups excluding carboxylic acids is 1. The Kier molecular flexibility index (Phi) is 11.0. The second-order valence-electron chi connectivity index (χ2n) is 10.2. The van der Waals surface area contributed by atoms with E-state index < -0.39 is 65.5 Å². The van der Waals surface area contributed by atoms with Crippen molar-refractivity contribution in [3.63, 3.8) is 0 Å². The lowest BCUT2D eigenvalue weighted by Gasteiger charge is -2.24. The first kappa shape index (κ1) is 34.8. The van der Waals surface area contributed by atoms with E-state index in [-0.39, 0.29) is 46.8 Å². The van der Waals surface area contributed by atoms with Crippen molar-refractivity contribution in [1.29, 1.82) is 0 Å². The number of alkyl halides is 5. The van der Waals surface area contributed by atoms with Gasteiger partial charge in [0.1, 0.15) is 17.4 Å². The molecule has 46 heavy (non-hydrogen) atoms. The van der Waals surface area contributed by atoms with Crippen LogP contribution in [0, 0.1) is 0 Å². The van der Waals surface area contributed by atoms with Gasteiger partial charge >= 0.3 is 12.8 Å². The molecule has 0 bridgehead atoms. The average molecular weight is 675 g/mol. The highest BCUT2D eigenvalue weighted by Crippen LogP contribution is 2.32. The second kappa shape index (κ2) is 14.6. The number of amides is 1. The monoisotopic (exact) mass is 674 g/mol. The van der Waals surface area contributed by atoms with E-state index in [4.69, 9.17) is 9.47 Å². The minimum Gasteiger partial charge on any atom is -0.489 e. The largest absolute Gasteiger partial charge is 0.489 e. The minimum absolute atomic E-state index is 0.0128. The number of nitrogens with zero attached hydrogens (tertiary/aromatic N) is 3. The number of methoxy groups -OCH3 is 1. The maximum atomic E-state index is 13.2. The minimum atomic E-state index is -4.52. The zero-order valence-corrected chi connectivity index (χ0v) is 25.4. The molecule has 0 saturated carbocycles. The summed E-state index contributed by atoms with van der Waals surface area (Å²) in [5, 5.41) is 12.6. The lowest BCUT2D eigenvalue weighted by atomic mass is 10.1. The van der Waals surface area contributed by atoms with Crippen LogP contribution in [0.2, 0.25) is 0 Å². The summed E-state index contributed by atoms with van der Waals surface area (Å²) in [5.74, 6) is -0.869. The maximum absolute atomic E-state index is 13.2. The number of aliphatic hydroxyl groups is 1. The summed E-state index contributed by atoms with van der Waals surface area (Å²) < 4.78 is 104. The van der Waals surface area contributed by atoms with E-state index in [0.29, 0.717) is 5.56 Å². The second-order valence-corrected chi connectivity index (χ2v) is 12.5. The van der Waals surface area contributed by atoms with Gasteiger partial charge in [-0.3, -0.25) is 4.79 Å². The van der Waals surface area contributed by atoms with Crippen molar-refractivity contribution < 1.29 is 54.5 Å². The van der Waals surface area contributed by atoms with Gasteiger partial charge in [0.05, 0.1) is 55.2 Å². The van der Waals surface area contributed by atoms with Crippen LogP contribution < -0.4 is 19.7 Å². The average Bonchev–Trinajstić information content (AvgIpc) is 3.44. The number of ether oxygens (including phenoxy) is 3. The van der Waals surface area contributed by atoms with Crippen LogP contribution in [0.3, 0.4) is 0 Å². The molecule has 1 saturated heterocycles. The molecule has 1 aromatic heterocycles. The molecule has 1 unspecified atom stereocenters. The predicted octanol–water partition coefficient (Wildman–Crippen LogP) is 4.03. The standard InChI is InChI=1S/C29H31F5N4O7S/c1-3-46(41,42)22-10-4-17(5-11-22)24(15-39)36-25(40)23-13-35-28(37-26(23)43-2)38-14-21(12-19(38)16-44-27(30)31)45-20-8-6-18(7-9-20)29(32,33)34/h4-11,13,19,21,24,27,39H,3,12,14-16H2,1-2H3,(H,36,40)/t19-,21?,24-/m0/s1. The van der Waals surface area contributed by atoms with Crippen LogP contribution in [0.5, 0.6) is 11.6 Å². The Balaban J connectivity index is 1.51. The number of benzene rings is 2. The van der Waals surface area contributed by atoms with Crippen LogP contribution in [-0.2, 0) is 20.8 Å². The fourth-order valence-electron chi connectivity index (χ4n) is 4.81. The highest BCUT2D eigenvalue weighted by molar-refractivity contribution is 7.91. The van der Waals surface area contributed by atoms with Crippen molar-refractivity contribution in [3.8, 4) is 11.6 Å². The molecule has 1 aliphatic heterocycles. The van der Waals surface area contributed by atoms with Gasteiger partial charge in [-0.15, -0.1) is 0 Å². The first-order valence-corrected chi connectivity index (χ1v) is 15.6. The summed E-state index contributed by atoms with van der Waals surface area (Å²) in [7, 11) is -2.20. The summed E-state index contributed by atoms with van der Waals surface area (Å²) in [4.78, 5) is 23.3. The fourth-order valence-corrected chi connectivity index (χ4v) is 5.70. The molecule has 0 spiro atoms. The number of rotatable bonds is 13. The van der Waals surface area contributed by atoms with Crippen LogP contribution in [0.15, 0.2) is 59.6 Å². The third-order valence-corrected chi connectivity index (χ3v) is 8.97. The first-order valence-electron chi connectivity index (χ1n) is 13.9. The summed E-state index contributed by atoms with van der Waals surface area (Å²) in [6.45, 7) is -2.48. The number of hydrogen-bond acceptors (Lipinski definition) is 10. The molecule has 2 N–H and O–H groups in total. The lowest BCUT2D eigenvalue weighted by Crippen LogP contribution is -2.36. The number of hydrogen-bond donors (Lipinski definition) is 2. The Bertz CT molecular complexity index is 1590. The normalized spacial score (nSPS) is 17.6. The smallest absolute Gasteiger partial charge is 0.416 e. The quantitative estimate of drug-likeness (QED) is 0.256. The van der Waals surface area contributed by atoms with Gasteiger partial charge in [-0.25, -0.2) is 13.4 Å². The van der Waals surface area contributed by atoms with Crippen molar-refractivity contribution in [2.75, 3.05) is 37.5 Å². The van der Waals surface area contributed by atoms with E-state index in [1.165, 1.54) is 43.2 Å². The summed E-state index contributed by atoms with van der Waals surface area (Å²) in [5.41, 5.74) is -0.543. The highest BCUT2D eigenvalue weighted by atomic mass is 32.2. The van der Waals surface area contributed by atoms with Gasteiger partial charge in [0.2, 0.25) is 11.8 Å². The SMILES string of the molecule is CCS(=O)(=O)c1ccc([C@H](CO)NC(=O)c2cnc(N3CC(Oc4ccc(C(F)(F)F)cc4)C[C@H]3COC(F)F)nc2OC)cc1. The van der Waals surface area contributed by atoms with Crippen molar-refractivity contribution in [2.45, 2.75) is 49.2 Å². The molecule has 2 heterocycles. The van der Waals surface area contributed by atoms with E-state index in [9.17, 15) is 40.3 Å². The fraction of sp³-hybridized carbons (Fsp3) is 0.414. The van der Waals surface area contributed by atoms with E-state index in [1.54, 1.807) is 0 Å². The molecule has 0 aliphatic carbocycles. The number of anilines is 1. The summed E-state index contributed by atoms with van der Waals surface area (Å²) in [6.07, 6.45) is -3.90. The summed E-state index contributed by atoms with van der Waals surface area (Å²) in [6, 6.07) is 8.09. The highest BCUT2D eigenvalue weighted by Gasteiger charge is 2.37. The molecule has 2 aromatic carbocycles. The van der Waals surface area contributed by atoms with Gasteiger partial charge < -0.3 is 29.5 Å². The van der Waals surface area contributed by atoms with Crippen molar-refractivity contribution in [3.05, 3.63) is 71.4 Å². The molecule has 0 radical (unpaired) electrons. The van der Waals surface area contributed by atoms with Gasteiger partial charge in [-0.2, -0.15) is 26.9 Å². The van der Waals surface area contributed by atoms with Gasteiger partial charge in [0.25, 0.3) is 5.91 Å². The maximum Gasteiger partial charge on any atom is 0.416 e. The molecule has 17 heteroatoms. The Labute approximate surface area is 261 Å². The van der Waals surface area contributed by atoms with Gasteiger partial charge in [-0.05, 0) is 42.0 Å². The van der Waals surface area contributed by atoms with E-state index in [0.717, 1.165) is 30.5 Å². The van der Waals surface area contributed by atoms with Crippen molar-refractivity contribution >= 4 is 21.7 Å². The Morgan fingerprint density at radius 2 is 1.80 bits per heavy atom. The molecule has 4 rings (SSSR count).